The zero-order valence-corrected chi connectivity index (χ0v) is 10.4. The number of amides is 1. The molecule has 4 heteroatoms. The summed E-state index contributed by atoms with van der Waals surface area (Å²) in [5.74, 6) is -0.00111. The molecular weight excluding hydrogens is 226 g/mol. The maximum atomic E-state index is 11.7. The van der Waals surface area contributed by atoms with E-state index in [1.54, 1.807) is 6.08 Å². The van der Waals surface area contributed by atoms with Gasteiger partial charge in [0.1, 0.15) is 0 Å². The van der Waals surface area contributed by atoms with Crippen LogP contribution < -0.4 is 16.0 Å². The number of para-hydroxylation sites is 1. The van der Waals surface area contributed by atoms with Crippen molar-refractivity contribution < 1.29 is 4.79 Å². The lowest BCUT2D eigenvalue weighted by Gasteiger charge is -2.34. The molecule has 1 aliphatic heterocycles. The first-order valence-corrected chi connectivity index (χ1v) is 6.16. The van der Waals surface area contributed by atoms with Crippen LogP contribution in [-0.4, -0.2) is 31.6 Å². The fourth-order valence-corrected chi connectivity index (χ4v) is 2.29. The molecule has 0 fully saturated rings. The second kappa shape index (κ2) is 5.69. The molecular formula is C14H19N3O. The van der Waals surface area contributed by atoms with E-state index in [1.165, 1.54) is 5.56 Å². The standard InChI is InChI=1S/C14H19N3O/c1-2-7-16-14(18)10-17-9-12(15)8-11-5-3-4-6-13(11)17/h2-6,12H,1,7-10,15H2,(H,16,18). The van der Waals surface area contributed by atoms with Gasteiger partial charge in [-0.05, 0) is 18.1 Å². The predicted molar refractivity (Wildman–Crippen MR) is 73.5 cm³/mol. The van der Waals surface area contributed by atoms with Crippen LogP contribution in [0.5, 0.6) is 0 Å². The molecule has 2 rings (SSSR count). The zero-order chi connectivity index (χ0) is 13.0. The first kappa shape index (κ1) is 12.6. The number of carbonyl (C=O) groups excluding carboxylic acids is 1. The van der Waals surface area contributed by atoms with Crippen LogP contribution in [0.2, 0.25) is 0 Å². The van der Waals surface area contributed by atoms with Gasteiger partial charge in [-0.2, -0.15) is 0 Å². The maximum absolute atomic E-state index is 11.7. The summed E-state index contributed by atoms with van der Waals surface area (Å²) in [6, 6.07) is 8.20. The number of carbonyl (C=O) groups is 1. The van der Waals surface area contributed by atoms with Crippen LogP contribution in [0.1, 0.15) is 5.56 Å². The summed E-state index contributed by atoms with van der Waals surface area (Å²) in [5.41, 5.74) is 8.36. The van der Waals surface area contributed by atoms with Crippen molar-refractivity contribution in [3.05, 3.63) is 42.5 Å². The summed E-state index contributed by atoms with van der Waals surface area (Å²) in [6.07, 6.45) is 2.55. The molecule has 0 radical (unpaired) electrons. The molecule has 0 saturated heterocycles. The largest absolute Gasteiger partial charge is 0.360 e. The Balaban J connectivity index is 2.09. The molecule has 96 valence electrons. The number of benzene rings is 1. The second-order valence-electron chi connectivity index (χ2n) is 4.57. The summed E-state index contributed by atoms with van der Waals surface area (Å²) in [5, 5.41) is 2.79. The van der Waals surface area contributed by atoms with E-state index in [0.717, 1.165) is 18.7 Å². The minimum absolute atomic E-state index is 0.00111. The highest BCUT2D eigenvalue weighted by atomic mass is 16.2. The molecule has 1 aliphatic rings. The molecule has 1 atom stereocenters. The summed E-state index contributed by atoms with van der Waals surface area (Å²) >= 11 is 0. The molecule has 18 heavy (non-hydrogen) atoms. The van der Waals surface area contributed by atoms with E-state index in [0.29, 0.717) is 13.1 Å². The Morgan fingerprint density at radius 1 is 1.56 bits per heavy atom. The Hall–Kier alpha value is -1.81. The molecule has 3 N–H and O–H groups in total. The van der Waals surface area contributed by atoms with E-state index in [1.807, 2.05) is 23.1 Å². The molecule has 0 aromatic heterocycles. The normalized spacial score (nSPS) is 18.1. The van der Waals surface area contributed by atoms with Crippen molar-refractivity contribution in [2.24, 2.45) is 5.73 Å². The average Bonchev–Trinajstić information content (AvgIpc) is 2.36. The number of fused-ring (bicyclic) bond motifs is 1. The number of nitrogens with one attached hydrogen (secondary N) is 1. The van der Waals surface area contributed by atoms with Gasteiger partial charge >= 0.3 is 0 Å². The molecule has 0 bridgehead atoms. The van der Waals surface area contributed by atoms with Crippen molar-refractivity contribution in [3.63, 3.8) is 0 Å². The van der Waals surface area contributed by atoms with Crippen molar-refractivity contribution in [2.45, 2.75) is 12.5 Å². The summed E-state index contributed by atoms with van der Waals surface area (Å²) in [4.78, 5) is 13.8. The van der Waals surface area contributed by atoms with Crippen molar-refractivity contribution in [2.75, 3.05) is 24.5 Å². The highest BCUT2D eigenvalue weighted by Crippen LogP contribution is 2.25. The van der Waals surface area contributed by atoms with E-state index >= 15 is 0 Å². The van der Waals surface area contributed by atoms with Crippen molar-refractivity contribution in [1.82, 2.24) is 5.32 Å². The second-order valence-corrected chi connectivity index (χ2v) is 4.57. The van der Waals surface area contributed by atoms with Crippen LogP contribution >= 0.6 is 0 Å². The minimum Gasteiger partial charge on any atom is -0.360 e. The molecule has 1 aromatic carbocycles. The molecule has 0 saturated carbocycles. The smallest absolute Gasteiger partial charge is 0.239 e. The fraction of sp³-hybridized carbons (Fsp3) is 0.357. The number of nitrogens with zero attached hydrogens (tertiary/aromatic N) is 1. The molecule has 1 heterocycles. The van der Waals surface area contributed by atoms with Crippen LogP contribution in [0.25, 0.3) is 0 Å². The lowest BCUT2D eigenvalue weighted by atomic mass is 9.98. The number of hydrogen-bond donors (Lipinski definition) is 2. The Morgan fingerprint density at radius 2 is 2.33 bits per heavy atom. The summed E-state index contributed by atoms with van der Waals surface area (Å²) in [6.45, 7) is 5.15. The van der Waals surface area contributed by atoms with Gasteiger partial charge in [-0.3, -0.25) is 4.79 Å². The van der Waals surface area contributed by atoms with Gasteiger partial charge in [0.05, 0.1) is 6.54 Å². The van der Waals surface area contributed by atoms with Crippen LogP contribution in [0.4, 0.5) is 5.69 Å². The summed E-state index contributed by atoms with van der Waals surface area (Å²) in [7, 11) is 0. The van der Waals surface area contributed by atoms with Gasteiger partial charge in [0, 0.05) is 24.8 Å². The topological polar surface area (TPSA) is 58.4 Å². The van der Waals surface area contributed by atoms with Gasteiger partial charge < -0.3 is 16.0 Å². The average molecular weight is 245 g/mol. The quantitative estimate of drug-likeness (QED) is 0.767. The third-order valence-corrected chi connectivity index (χ3v) is 3.05. The SMILES string of the molecule is C=CCNC(=O)CN1CC(N)Cc2ccccc21. The van der Waals surface area contributed by atoms with Gasteiger partial charge in [0.2, 0.25) is 5.91 Å². The summed E-state index contributed by atoms with van der Waals surface area (Å²) < 4.78 is 0. The Kier molecular flexibility index (Phi) is 3.99. The Labute approximate surface area is 107 Å². The first-order chi connectivity index (χ1) is 8.70. The lowest BCUT2D eigenvalue weighted by Crippen LogP contribution is -2.47. The third kappa shape index (κ3) is 2.90. The van der Waals surface area contributed by atoms with Crippen molar-refractivity contribution in [3.8, 4) is 0 Å². The predicted octanol–water partition coefficient (Wildman–Crippen LogP) is 0.679. The van der Waals surface area contributed by atoms with Gasteiger partial charge in [-0.15, -0.1) is 6.58 Å². The van der Waals surface area contributed by atoms with Crippen LogP contribution in [0, 0.1) is 0 Å². The van der Waals surface area contributed by atoms with Crippen molar-refractivity contribution in [1.29, 1.82) is 0 Å². The zero-order valence-electron chi connectivity index (χ0n) is 10.4. The minimum atomic E-state index is -0.00111. The van der Waals surface area contributed by atoms with Crippen LogP contribution in [-0.2, 0) is 11.2 Å². The Morgan fingerprint density at radius 3 is 3.11 bits per heavy atom. The van der Waals surface area contributed by atoms with E-state index in [4.69, 9.17) is 5.73 Å². The van der Waals surface area contributed by atoms with E-state index in [2.05, 4.69) is 18.0 Å². The monoisotopic (exact) mass is 245 g/mol. The fourth-order valence-electron chi connectivity index (χ4n) is 2.29. The molecule has 1 amide bonds. The van der Waals surface area contributed by atoms with E-state index in [-0.39, 0.29) is 11.9 Å². The number of nitrogens with two attached hydrogens (primary N) is 1. The Bertz CT molecular complexity index is 444. The first-order valence-electron chi connectivity index (χ1n) is 6.16. The highest BCUT2D eigenvalue weighted by molar-refractivity contribution is 5.82. The molecule has 0 spiro atoms. The number of hydrogen-bond acceptors (Lipinski definition) is 3. The lowest BCUT2D eigenvalue weighted by molar-refractivity contribution is -0.119. The number of anilines is 1. The molecule has 1 unspecified atom stereocenters. The van der Waals surface area contributed by atoms with Gasteiger partial charge in [0.25, 0.3) is 0 Å². The van der Waals surface area contributed by atoms with E-state index in [9.17, 15) is 4.79 Å². The van der Waals surface area contributed by atoms with Crippen LogP contribution in [0.15, 0.2) is 36.9 Å². The highest BCUT2D eigenvalue weighted by Gasteiger charge is 2.22. The van der Waals surface area contributed by atoms with E-state index < -0.39 is 0 Å². The van der Waals surface area contributed by atoms with Gasteiger partial charge in [0.15, 0.2) is 0 Å². The molecule has 4 nitrogen and oxygen atoms in total. The van der Waals surface area contributed by atoms with Gasteiger partial charge in [-0.1, -0.05) is 24.3 Å². The third-order valence-electron chi connectivity index (χ3n) is 3.05. The van der Waals surface area contributed by atoms with Crippen molar-refractivity contribution >= 4 is 11.6 Å². The molecule has 0 aliphatic carbocycles. The van der Waals surface area contributed by atoms with Gasteiger partial charge in [-0.25, -0.2) is 0 Å². The molecule has 1 aromatic rings. The number of rotatable bonds is 4. The van der Waals surface area contributed by atoms with Crippen LogP contribution in [0.3, 0.4) is 0 Å². The maximum Gasteiger partial charge on any atom is 0.239 e.